The minimum absolute atomic E-state index is 0.0888. The first-order valence-corrected chi connectivity index (χ1v) is 9.74. The molecule has 0 bridgehead atoms. The number of methoxy groups -OCH3 is 3. The van der Waals surface area contributed by atoms with Gasteiger partial charge in [0, 0.05) is 36.5 Å². The molecule has 28 heavy (non-hydrogen) atoms. The average molecular weight is 405 g/mol. The third kappa shape index (κ3) is 4.36. The number of nitrogens with one attached hydrogen (secondary N) is 1. The molecule has 8 nitrogen and oxygen atoms in total. The van der Waals surface area contributed by atoms with Crippen molar-refractivity contribution in [3.05, 3.63) is 28.8 Å². The van der Waals surface area contributed by atoms with Crippen LogP contribution in [0.15, 0.2) is 17.5 Å². The smallest absolute Gasteiger partial charge is 0.228 e. The van der Waals surface area contributed by atoms with Crippen molar-refractivity contribution in [2.45, 2.75) is 25.8 Å². The predicted molar refractivity (Wildman–Crippen MR) is 105 cm³/mol. The molecule has 2 heterocycles. The fourth-order valence-electron chi connectivity index (χ4n) is 3.00. The van der Waals surface area contributed by atoms with Crippen LogP contribution in [0.25, 0.3) is 0 Å². The van der Waals surface area contributed by atoms with Crippen LogP contribution in [0.3, 0.4) is 0 Å². The van der Waals surface area contributed by atoms with Crippen LogP contribution in [-0.4, -0.2) is 44.7 Å². The van der Waals surface area contributed by atoms with Gasteiger partial charge in [-0.15, -0.1) is 11.3 Å². The van der Waals surface area contributed by atoms with E-state index in [-0.39, 0.29) is 24.8 Å². The van der Waals surface area contributed by atoms with Crippen molar-refractivity contribution in [1.29, 1.82) is 0 Å². The van der Waals surface area contributed by atoms with E-state index >= 15 is 0 Å². The molecule has 0 aliphatic carbocycles. The first-order valence-electron chi connectivity index (χ1n) is 8.86. The summed E-state index contributed by atoms with van der Waals surface area (Å²) >= 11 is 1.39. The van der Waals surface area contributed by atoms with E-state index in [1.54, 1.807) is 38.4 Å². The number of carbonyl (C=O) groups is 2. The number of ether oxygens (including phenoxy) is 3. The van der Waals surface area contributed by atoms with Crippen molar-refractivity contribution < 1.29 is 23.8 Å². The molecular formula is C19H23N3O5S. The van der Waals surface area contributed by atoms with Crippen molar-refractivity contribution in [2.75, 3.05) is 32.8 Å². The minimum Gasteiger partial charge on any atom is -0.496 e. The number of nitrogens with zero attached hydrogens (tertiary/aromatic N) is 2. The summed E-state index contributed by atoms with van der Waals surface area (Å²) in [7, 11) is 4.66. The summed E-state index contributed by atoms with van der Waals surface area (Å²) in [5.74, 6) is 1.64. The summed E-state index contributed by atoms with van der Waals surface area (Å²) in [5, 5.41) is 5.34. The van der Waals surface area contributed by atoms with Crippen molar-refractivity contribution in [3.63, 3.8) is 0 Å². The van der Waals surface area contributed by atoms with Crippen LogP contribution >= 0.6 is 11.3 Å². The fourth-order valence-corrected chi connectivity index (χ4v) is 3.87. The highest BCUT2D eigenvalue weighted by Gasteiger charge is 2.24. The Bertz CT molecular complexity index is 867. The molecular weight excluding hydrogens is 382 g/mol. The number of benzene rings is 1. The Morgan fingerprint density at radius 2 is 1.89 bits per heavy atom. The molecule has 1 aromatic heterocycles. The lowest BCUT2D eigenvalue weighted by molar-refractivity contribution is -0.120. The zero-order valence-electron chi connectivity index (χ0n) is 16.1. The molecule has 1 N–H and O–H groups in total. The molecule has 1 aliphatic rings. The first-order chi connectivity index (χ1) is 13.5. The number of hydrogen-bond donors (Lipinski definition) is 1. The van der Waals surface area contributed by atoms with Crippen molar-refractivity contribution >= 4 is 28.3 Å². The molecule has 3 rings (SSSR count). The van der Waals surface area contributed by atoms with Gasteiger partial charge in [-0.1, -0.05) is 0 Å². The molecule has 9 heteroatoms. The Morgan fingerprint density at radius 1 is 1.18 bits per heavy atom. The predicted octanol–water partition coefficient (Wildman–Crippen LogP) is 2.15. The van der Waals surface area contributed by atoms with Gasteiger partial charge in [-0.25, -0.2) is 4.98 Å². The highest BCUT2D eigenvalue weighted by atomic mass is 32.1. The summed E-state index contributed by atoms with van der Waals surface area (Å²) < 4.78 is 15.9. The van der Waals surface area contributed by atoms with Crippen LogP contribution in [0.2, 0.25) is 0 Å². The Balaban J connectivity index is 1.61. The normalized spacial score (nSPS) is 13.5. The van der Waals surface area contributed by atoms with E-state index in [4.69, 9.17) is 14.2 Å². The second kappa shape index (κ2) is 8.92. The lowest BCUT2D eigenvalue weighted by atomic mass is 10.1. The van der Waals surface area contributed by atoms with Gasteiger partial charge in [0.25, 0.3) is 0 Å². The fraction of sp³-hybridized carbons (Fsp3) is 0.421. The van der Waals surface area contributed by atoms with Crippen molar-refractivity contribution in [2.24, 2.45) is 0 Å². The van der Waals surface area contributed by atoms with Gasteiger partial charge in [0.05, 0.1) is 33.4 Å². The van der Waals surface area contributed by atoms with Gasteiger partial charge in [0.2, 0.25) is 11.8 Å². The number of thiazole rings is 1. The number of amides is 2. The second-order valence-electron chi connectivity index (χ2n) is 6.24. The molecule has 0 radical (unpaired) electrons. The third-order valence-electron chi connectivity index (χ3n) is 4.45. The van der Waals surface area contributed by atoms with Gasteiger partial charge in [-0.3, -0.25) is 14.5 Å². The largest absolute Gasteiger partial charge is 0.496 e. The van der Waals surface area contributed by atoms with Gasteiger partial charge in [-0.2, -0.15) is 0 Å². The number of rotatable bonds is 8. The van der Waals surface area contributed by atoms with Gasteiger partial charge < -0.3 is 19.5 Å². The van der Waals surface area contributed by atoms with Crippen LogP contribution < -0.4 is 24.4 Å². The van der Waals surface area contributed by atoms with E-state index in [1.807, 2.05) is 5.38 Å². The van der Waals surface area contributed by atoms with E-state index in [0.29, 0.717) is 41.0 Å². The van der Waals surface area contributed by atoms with Gasteiger partial charge in [0.1, 0.15) is 5.75 Å². The quantitative estimate of drug-likeness (QED) is 0.724. The maximum atomic E-state index is 12.3. The maximum absolute atomic E-state index is 12.3. The van der Waals surface area contributed by atoms with Crippen molar-refractivity contribution in [1.82, 2.24) is 10.3 Å². The lowest BCUT2D eigenvalue weighted by Crippen LogP contribution is -2.25. The molecule has 150 valence electrons. The highest BCUT2D eigenvalue weighted by molar-refractivity contribution is 7.14. The lowest BCUT2D eigenvalue weighted by Gasteiger charge is -2.14. The molecule has 2 aromatic rings. The summed E-state index contributed by atoms with van der Waals surface area (Å²) in [5.41, 5.74) is 1.42. The van der Waals surface area contributed by atoms with E-state index < -0.39 is 0 Å². The third-order valence-corrected chi connectivity index (χ3v) is 5.36. The topological polar surface area (TPSA) is 90.0 Å². The molecule has 0 saturated carbocycles. The molecule has 1 aromatic carbocycles. The minimum atomic E-state index is -0.165. The average Bonchev–Trinajstić information content (AvgIpc) is 3.34. The Hall–Kier alpha value is -2.81. The van der Waals surface area contributed by atoms with E-state index in [1.165, 1.54) is 11.3 Å². The number of hydrogen-bond acceptors (Lipinski definition) is 7. The van der Waals surface area contributed by atoms with Gasteiger partial charge in [-0.05, 0) is 12.5 Å². The van der Waals surface area contributed by atoms with E-state index in [2.05, 4.69) is 10.3 Å². The molecule has 2 amide bonds. The monoisotopic (exact) mass is 405 g/mol. The molecule has 1 saturated heterocycles. The van der Waals surface area contributed by atoms with Crippen LogP contribution in [0.1, 0.15) is 24.1 Å². The van der Waals surface area contributed by atoms with Gasteiger partial charge >= 0.3 is 0 Å². The summed E-state index contributed by atoms with van der Waals surface area (Å²) in [6.45, 7) is 0.973. The van der Waals surface area contributed by atoms with Crippen LogP contribution in [0, 0.1) is 0 Å². The van der Waals surface area contributed by atoms with E-state index in [9.17, 15) is 9.59 Å². The molecule has 0 spiro atoms. The number of carbonyl (C=O) groups excluding carboxylic acids is 2. The second-order valence-corrected chi connectivity index (χ2v) is 7.08. The zero-order chi connectivity index (χ0) is 20.1. The van der Waals surface area contributed by atoms with Gasteiger partial charge in [0.15, 0.2) is 16.6 Å². The Morgan fingerprint density at radius 3 is 2.54 bits per heavy atom. The molecule has 1 fully saturated rings. The Kier molecular flexibility index (Phi) is 6.35. The summed E-state index contributed by atoms with van der Waals surface area (Å²) in [6, 6.07) is 3.50. The standard InChI is InChI=1S/C19H23N3O5S/c1-25-14-9-16(27-3)15(26-2)7-12(14)10-20-17(23)8-13-11-28-19(21-13)22-6-4-5-18(22)24/h7,9,11H,4-6,8,10H2,1-3H3,(H,20,23). The zero-order valence-corrected chi connectivity index (χ0v) is 16.9. The number of anilines is 1. The van der Waals surface area contributed by atoms with Crippen LogP contribution in [-0.2, 0) is 22.6 Å². The SMILES string of the molecule is COc1cc(OC)c(OC)cc1CNC(=O)Cc1csc(N2CCCC2=O)n1. The summed E-state index contributed by atoms with van der Waals surface area (Å²) in [4.78, 5) is 30.2. The Labute approximate surface area is 167 Å². The summed E-state index contributed by atoms with van der Waals surface area (Å²) in [6.07, 6.45) is 1.55. The van der Waals surface area contributed by atoms with Crippen LogP contribution in [0.4, 0.5) is 5.13 Å². The molecule has 0 unspecified atom stereocenters. The molecule has 1 aliphatic heterocycles. The maximum Gasteiger partial charge on any atom is 0.228 e. The number of aromatic nitrogens is 1. The highest BCUT2D eigenvalue weighted by Crippen LogP contribution is 2.34. The first kappa shape index (κ1) is 19.9. The van der Waals surface area contributed by atoms with E-state index in [0.717, 1.165) is 12.0 Å². The van der Waals surface area contributed by atoms with Crippen molar-refractivity contribution in [3.8, 4) is 17.2 Å². The van der Waals surface area contributed by atoms with Crippen LogP contribution in [0.5, 0.6) is 17.2 Å². The molecule has 0 atom stereocenters.